The van der Waals surface area contributed by atoms with E-state index in [1.165, 1.54) is 5.57 Å². The Balaban J connectivity index is 0.964. The van der Waals surface area contributed by atoms with E-state index in [9.17, 15) is 29.1 Å². The fourth-order valence-electron chi connectivity index (χ4n) is 16.1. The Morgan fingerprint density at radius 1 is 0.866 bits per heavy atom. The molecule has 1 saturated heterocycles. The van der Waals surface area contributed by atoms with Crippen LogP contribution >= 0.6 is 11.6 Å². The van der Waals surface area contributed by atoms with Gasteiger partial charge < -0.3 is 30.5 Å². The maximum absolute atomic E-state index is 14.3. The number of Topliss-reactive ketones (excluding diaryl/α,β-unsaturated/α-hetero) is 1. The molecule has 8 rings (SSSR count). The average Bonchev–Trinajstić information content (AvgIpc) is 3.52. The number of halogens is 1. The van der Waals surface area contributed by atoms with Gasteiger partial charge in [-0.3, -0.25) is 24.0 Å². The summed E-state index contributed by atoms with van der Waals surface area (Å²) >= 11 is 6.36. The van der Waals surface area contributed by atoms with Crippen molar-refractivity contribution in [1.29, 1.82) is 0 Å². The molecule has 0 aromatic heterocycles. The molecule has 5 saturated carbocycles. The van der Waals surface area contributed by atoms with Crippen LogP contribution in [0.15, 0.2) is 29.3 Å². The fourth-order valence-corrected chi connectivity index (χ4v) is 16.2. The number of nitrogens with one attached hydrogen (secondary N) is 3. The van der Waals surface area contributed by atoms with E-state index in [0.717, 1.165) is 82.9 Å². The number of ketones is 1. The molecule has 4 N–H and O–H groups in total. The zero-order valence-corrected chi connectivity index (χ0v) is 43.1. The summed E-state index contributed by atoms with van der Waals surface area (Å²) in [5.74, 6) is -0.709. The van der Waals surface area contributed by atoms with Crippen molar-refractivity contribution in [2.24, 2.45) is 68.0 Å². The van der Waals surface area contributed by atoms with Crippen LogP contribution < -0.4 is 20.7 Å². The third-order valence-corrected chi connectivity index (χ3v) is 20.3. The molecule has 67 heavy (non-hydrogen) atoms. The number of carboxylic acid groups (broad SMARTS) is 1. The van der Waals surface area contributed by atoms with Crippen LogP contribution in [0.3, 0.4) is 0 Å². The SMILES string of the molecule is CC(C)C1=C2[C@H]3CC[C@@H]4[C@@]5(C)CC[C@H](OC(=O)[C@H]6C[C@@H](C(=O)O)C6(C)C)C(C)(C)[C@@H]5CC[C@@]4(C)[C@]3(C)CC[C@@]2(CC(=O)NCC(C)(C)NC(=O)c2ccc(Cl)cc2OC2CCNCC2)CC1=O. The number of benzene rings is 1. The predicted octanol–water partition coefficient (Wildman–Crippen LogP) is 10.1. The number of hydrogen-bond acceptors (Lipinski definition) is 8. The molecule has 0 unspecified atom stereocenters. The van der Waals surface area contributed by atoms with Crippen LogP contribution in [0.2, 0.25) is 5.02 Å². The highest BCUT2D eigenvalue weighted by Crippen LogP contribution is 2.77. The van der Waals surface area contributed by atoms with Gasteiger partial charge in [-0.2, -0.15) is 0 Å². The van der Waals surface area contributed by atoms with Crippen molar-refractivity contribution in [3.05, 3.63) is 39.9 Å². The van der Waals surface area contributed by atoms with Gasteiger partial charge in [0, 0.05) is 35.2 Å². The molecule has 6 fully saturated rings. The first kappa shape index (κ1) is 50.0. The molecule has 370 valence electrons. The van der Waals surface area contributed by atoms with Gasteiger partial charge in [-0.05, 0) is 167 Å². The maximum atomic E-state index is 14.3. The lowest BCUT2D eigenvalue weighted by atomic mass is 9.33. The summed E-state index contributed by atoms with van der Waals surface area (Å²) in [6.07, 6.45) is 10.0. The van der Waals surface area contributed by atoms with Crippen LogP contribution in [0.1, 0.15) is 170 Å². The zero-order chi connectivity index (χ0) is 48.9. The topological polar surface area (TPSA) is 160 Å². The van der Waals surface area contributed by atoms with Crippen molar-refractivity contribution < 1.29 is 38.6 Å². The van der Waals surface area contributed by atoms with Gasteiger partial charge in [-0.1, -0.05) is 79.5 Å². The second kappa shape index (κ2) is 17.4. The van der Waals surface area contributed by atoms with Gasteiger partial charge in [-0.25, -0.2) is 0 Å². The zero-order valence-electron chi connectivity index (χ0n) is 42.3. The predicted molar refractivity (Wildman–Crippen MR) is 259 cm³/mol. The molecular weight excluding hydrogens is 866 g/mol. The standard InChI is InChI=1S/C55H80ClN3O8/c1-31(2)44-38(60)28-55(29-43(61)58-30-49(3,4)59-46(62)34-13-12-32(56)26-39(34)66-33-18-24-57-25-19-33)23-22-53(10)35(45(44)55)14-15-41-52(9)20-17-42(51(7,8)40(52)16-21-54(41,53)11)67-48(65)37-27-36(47(63)64)50(37,5)6/h12-13,26,31,33,35-37,40-42,57H,14-25,27-30H2,1-11H3,(H,58,61)(H,59,62)(H,63,64)/t35-,36+,37-,40+,41-,42+,52+,53-,54-,55+/m1/s1. The van der Waals surface area contributed by atoms with Gasteiger partial charge in [0.05, 0.1) is 22.9 Å². The molecular formula is C55H80ClN3O8. The lowest BCUT2D eigenvalue weighted by Crippen LogP contribution is -2.66. The maximum Gasteiger partial charge on any atom is 0.309 e. The molecule has 1 aromatic rings. The van der Waals surface area contributed by atoms with Crippen LogP contribution in [0.5, 0.6) is 5.75 Å². The van der Waals surface area contributed by atoms with Crippen molar-refractivity contribution in [2.75, 3.05) is 19.6 Å². The number of esters is 1. The minimum absolute atomic E-state index is 0.00252. The fraction of sp³-hybridized carbons (Fsp3) is 0.764. The van der Waals surface area contributed by atoms with Gasteiger partial charge in [0.25, 0.3) is 5.91 Å². The van der Waals surface area contributed by atoms with E-state index >= 15 is 0 Å². The van der Waals surface area contributed by atoms with Crippen LogP contribution in [-0.2, 0) is 23.9 Å². The molecule has 0 bridgehead atoms. The van der Waals surface area contributed by atoms with E-state index in [1.807, 2.05) is 27.7 Å². The minimum atomic E-state index is -0.843. The van der Waals surface area contributed by atoms with Crippen LogP contribution in [-0.4, -0.2) is 72.0 Å². The normalized spacial score (nSPS) is 36.7. The summed E-state index contributed by atoms with van der Waals surface area (Å²) < 4.78 is 12.7. The number of fused-ring (bicyclic) bond motifs is 7. The van der Waals surface area contributed by atoms with Crippen molar-refractivity contribution in [1.82, 2.24) is 16.0 Å². The summed E-state index contributed by atoms with van der Waals surface area (Å²) in [4.78, 5) is 68.0. The van der Waals surface area contributed by atoms with E-state index in [1.54, 1.807) is 18.2 Å². The van der Waals surface area contributed by atoms with Crippen molar-refractivity contribution in [3.8, 4) is 5.75 Å². The molecule has 12 heteroatoms. The number of hydrogen-bond donors (Lipinski definition) is 4. The Kier molecular flexibility index (Phi) is 13.0. The van der Waals surface area contributed by atoms with E-state index in [0.29, 0.717) is 41.0 Å². The lowest BCUT2D eigenvalue weighted by molar-refractivity contribution is -0.236. The van der Waals surface area contributed by atoms with E-state index in [4.69, 9.17) is 21.1 Å². The number of aliphatic carboxylic acids is 1. The molecule has 1 aliphatic heterocycles. The largest absolute Gasteiger partial charge is 0.489 e. The minimum Gasteiger partial charge on any atom is -0.489 e. The van der Waals surface area contributed by atoms with Crippen LogP contribution in [0.4, 0.5) is 0 Å². The smallest absolute Gasteiger partial charge is 0.309 e. The molecule has 7 aliphatic rings. The monoisotopic (exact) mass is 946 g/mol. The van der Waals surface area contributed by atoms with Gasteiger partial charge in [-0.15, -0.1) is 0 Å². The first-order chi connectivity index (χ1) is 31.2. The molecule has 11 nitrogen and oxygen atoms in total. The second-order valence-corrected chi connectivity index (χ2v) is 25.7. The number of allylic oxidation sites excluding steroid dienone is 2. The van der Waals surface area contributed by atoms with Crippen molar-refractivity contribution in [2.45, 2.75) is 177 Å². The van der Waals surface area contributed by atoms with Crippen LogP contribution in [0.25, 0.3) is 0 Å². The molecule has 1 aromatic carbocycles. The number of carbonyl (C=O) groups is 5. The number of carboxylic acids is 1. The highest BCUT2D eigenvalue weighted by Gasteiger charge is 2.70. The third-order valence-electron chi connectivity index (χ3n) is 20.1. The van der Waals surface area contributed by atoms with Gasteiger partial charge in [0.2, 0.25) is 5.91 Å². The van der Waals surface area contributed by atoms with Gasteiger partial charge in [0.1, 0.15) is 18.0 Å². The Hall–Kier alpha value is -3.44. The summed E-state index contributed by atoms with van der Waals surface area (Å²) in [7, 11) is 0. The summed E-state index contributed by atoms with van der Waals surface area (Å²) in [5, 5.41) is 19.9. The Morgan fingerprint density at radius 2 is 1.57 bits per heavy atom. The van der Waals surface area contributed by atoms with Crippen LogP contribution in [0, 0.1) is 68.0 Å². The molecule has 6 aliphatic carbocycles. The first-order valence-corrected chi connectivity index (χ1v) is 26.1. The summed E-state index contributed by atoms with van der Waals surface area (Å²) in [5.41, 5.74) is 0.388. The molecule has 0 radical (unpaired) electrons. The number of amides is 2. The molecule has 1 heterocycles. The number of carbonyl (C=O) groups excluding carboxylic acids is 4. The van der Waals surface area contributed by atoms with E-state index in [2.05, 4.69) is 64.4 Å². The summed E-state index contributed by atoms with van der Waals surface area (Å²) in [6, 6.07) is 5.08. The molecule has 10 atom stereocenters. The molecule has 0 spiro atoms. The number of piperidine rings is 1. The second-order valence-electron chi connectivity index (χ2n) is 25.3. The highest BCUT2D eigenvalue weighted by atomic mass is 35.5. The molecule has 2 amide bonds. The number of ether oxygens (including phenoxy) is 2. The summed E-state index contributed by atoms with van der Waals surface area (Å²) in [6.45, 7) is 26.0. The Morgan fingerprint density at radius 3 is 2.22 bits per heavy atom. The first-order valence-electron chi connectivity index (χ1n) is 25.7. The van der Waals surface area contributed by atoms with Crippen molar-refractivity contribution >= 4 is 41.1 Å². The lowest BCUT2D eigenvalue weighted by Gasteiger charge is -2.72. The van der Waals surface area contributed by atoms with Gasteiger partial charge in [0.15, 0.2) is 5.78 Å². The third kappa shape index (κ3) is 8.37. The quantitative estimate of drug-likeness (QED) is 0.150. The Labute approximate surface area is 404 Å². The average molecular weight is 947 g/mol. The Bertz CT molecular complexity index is 2210. The van der Waals surface area contributed by atoms with E-state index < -0.39 is 34.2 Å². The highest BCUT2D eigenvalue weighted by molar-refractivity contribution is 6.30. The van der Waals surface area contributed by atoms with Gasteiger partial charge >= 0.3 is 11.9 Å². The van der Waals surface area contributed by atoms with E-state index in [-0.39, 0.29) is 82.2 Å². The number of rotatable bonds is 12. The van der Waals surface area contributed by atoms with Crippen molar-refractivity contribution in [3.63, 3.8) is 0 Å².